The molecule has 0 spiro atoms. The molecule has 0 saturated carbocycles. The molecule has 0 aliphatic carbocycles. The molecule has 0 heterocycles. The van der Waals surface area contributed by atoms with Crippen molar-refractivity contribution in [3.8, 4) is 0 Å². The van der Waals surface area contributed by atoms with Gasteiger partial charge < -0.3 is 10.4 Å². The molecule has 0 aromatic heterocycles. The number of hydrogen-bond donors (Lipinski definition) is 3. The number of carboxylic acid groups (broad SMARTS) is 1. The van der Waals surface area contributed by atoms with Gasteiger partial charge in [0.2, 0.25) is 10.0 Å². The normalized spacial score (nSPS) is 12.7. The van der Waals surface area contributed by atoms with Crippen LogP contribution < -0.4 is 10.0 Å². The zero-order valence-electron chi connectivity index (χ0n) is 15.8. The SMILES string of the molecule is CC(C)CCNS(=O)(=O)c1cc(C(=O)O)ccc1N[C@@H](C)c1ccccc1. The monoisotopic (exact) mass is 390 g/mol. The Labute approximate surface area is 160 Å². The van der Waals surface area contributed by atoms with E-state index in [1.807, 2.05) is 51.1 Å². The molecule has 0 radical (unpaired) electrons. The minimum Gasteiger partial charge on any atom is -0.478 e. The van der Waals surface area contributed by atoms with Gasteiger partial charge in [-0.15, -0.1) is 0 Å². The fourth-order valence-corrected chi connectivity index (χ4v) is 3.86. The highest BCUT2D eigenvalue weighted by atomic mass is 32.2. The zero-order valence-corrected chi connectivity index (χ0v) is 16.6. The molecule has 2 rings (SSSR count). The first kappa shape index (κ1) is 20.9. The van der Waals surface area contributed by atoms with E-state index < -0.39 is 16.0 Å². The van der Waals surface area contributed by atoms with Crippen LogP contribution in [0.3, 0.4) is 0 Å². The summed E-state index contributed by atoms with van der Waals surface area (Å²) in [7, 11) is -3.85. The Morgan fingerprint density at radius 2 is 1.74 bits per heavy atom. The quantitative estimate of drug-likeness (QED) is 0.604. The number of carboxylic acids is 1. The molecule has 7 heteroatoms. The maximum Gasteiger partial charge on any atom is 0.335 e. The van der Waals surface area contributed by atoms with Crippen LogP contribution >= 0.6 is 0 Å². The van der Waals surface area contributed by atoms with Crippen molar-refractivity contribution in [2.24, 2.45) is 5.92 Å². The lowest BCUT2D eigenvalue weighted by Crippen LogP contribution is -2.27. The van der Waals surface area contributed by atoms with Gasteiger partial charge in [0.05, 0.1) is 11.3 Å². The van der Waals surface area contributed by atoms with Crippen molar-refractivity contribution in [2.75, 3.05) is 11.9 Å². The molecule has 0 saturated heterocycles. The van der Waals surface area contributed by atoms with Gasteiger partial charge in [-0.25, -0.2) is 17.9 Å². The van der Waals surface area contributed by atoms with Crippen molar-refractivity contribution >= 4 is 21.7 Å². The van der Waals surface area contributed by atoms with Crippen molar-refractivity contribution in [3.63, 3.8) is 0 Å². The van der Waals surface area contributed by atoms with Crippen LogP contribution in [0.15, 0.2) is 53.4 Å². The molecule has 2 aromatic carbocycles. The highest BCUT2D eigenvalue weighted by Crippen LogP contribution is 2.27. The topological polar surface area (TPSA) is 95.5 Å². The highest BCUT2D eigenvalue weighted by molar-refractivity contribution is 7.89. The number of hydrogen-bond acceptors (Lipinski definition) is 4. The Morgan fingerprint density at radius 1 is 1.07 bits per heavy atom. The molecule has 2 aromatic rings. The number of carbonyl (C=O) groups is 1. The minimum absolute atomic E-state index is 0.0612. The Morgan fingerprint density at radius 3 is 2.33 bits per heavy atom. The van der Waals surface area contributed by atoms with Crippen LogP contribution in [0.4, 0.5) is 5.69 Å². The summed E-state index contributed by atoms with van der Waals surface area (Å²) >= 11 is 0. The van der Waals surface area contributed by atoms with Crippen molar-refractivity contribution in [3.05, 3.63) is 59.7 Å². The predicted octanol–water partition coefficient (Wildman–Crippen LogP) is 3.88. The largest absolute Gasteiger partial charge is 0.478 e. The Kier molecular flexibility index (Phi) is 6.98. The molecule has 6 nitrogen and oxygen atoms in total. The second-order valence-corrected chi connectivity index (χ2v) is 8.61. The predicted molar refractivity (Wildman–Crippen MR) is 107 cm³/mol. The summed E-state index contributed by atoms with van der Waals surface area (Å²) in [5.41, 5.74) is 1.29. The van der Waals surface area contributed by atoms with Crippen LogP contribution in [0.5, 0.6) is 0 Å². The summed E-state index contributed by atoms with van der Waals surface area (Å²) < 4.78 is 28.1. The van der Waals surface area contributed by atoms with Gasteiger partial charge in [-0.2, -0.15) is 0 Å². The number of anilines is 1. The summed E-state index contributed by atoms with van der Waals surface area (Å²) in [5.74, 6) is -0.815. The van der Waals surface area contributed by atoms with E-state index in [4.69, 9.17) is 0 Å². The summed E-state index contributed by atoms with van der Waals surface area (Å²) in [5, 5.41) is 12.4. The number of benzene rings is 2. The summed E-state index contributed by atoms with van der Waals surface area (Å²) in [6, 6.07) is 13.6. The average molecular weight is 391 g/mol. The van der Waals surface area contributed by atoms with Crippen LogP contribution in [0.25, 0.3) is 0 Å². The van der Waals surface area contributed by atoms with Gasteiger partial charge in [-0.05, 0) is 43.0 Å². The first-order valence-electron chi connectivity index (χ1n) is 8.89. The molecule has 27 heavy (non-hydrogen) atoms. The molecule has 0 aliphatic heterocycles. The van der Waals surface area contributed by atoms with Crippen LogP contribution in [-0.2, 0) is 10.0 Å². The van der Waals surface area contributed by atoms with Gasteiger partial charge in [-0.1, -0.05) is 44.2 Å². The van der Waals surface area contributed by atoms with Gasteiger partial charge in [-0.3, -0.25) is 0 Å². The van der Waals surface area contributed by atoms with E-state index in [0.717, 1.165) is 5.56 Å². The molecule has 146 valence electrons. The van der Waals surface area contributed by atoms with E-state index in [9.17, 15) is 18.3 Å². The molecule has 3 N–H and O–H groups in total. The standard InChI is InChI=1S/C20H26N2O4S/c1-14(2)11-12-21-27(25,26)19-13-17(20(23)24)9-10-18(19)22-15(3)16-7-5-4-6-8-16/h4-10,13-15,21-22H,11-12H2,1-3H3,(H,23,24)/t15-/m0/s1. The first-order valence-corrected chi connectivity index (χ1v) is 10.4. The van der Waals surface area contributed by atoms with Gasteiger partial charge >= 0.3 is 5.97 Å². The highest BCUT2D eigenvalue weighted by Gasteiger charge is 2.22. The van der Waals surface area contributed by atoms with Crippen LogP contribution in [-0.4, -0.2) is 26.0 Å². The third-order valence-corrected chi connectivity index (χ3v) is 5.70. The summed E-state index contributed by atoms with van der Waals surface area (Å²) in [4.78, 5) is 11.2. The van der Waals surface area contributed by atoms with Crippen molar-refractivity contribution in [2.45, 2.75) is 38.1 Å². The third-order valence-electron chi connectivity index (χ3n) is 4.20. The maximum atomic E-state index is 12.8. The lowest BCUT2D eigenvalue weighted by Gasteiger charge is -2.19. The zero-order chi connectivity index (χ0) is 20.0. The van der Waals surface area contributed by atoms with Crippen molar-refractivity contribution in [1.82, 2.24) is 4.72 Å². The number of nitrogens with one attached hydrogen (secondary N) is 2. The third kappa shape index (κ3) is 5.80. The molecular formula is C20H26N2O4S. The summed E-state index contributed by atoms with van der Waals surface area (Å²) in [6.45, 7) is 6.23. The molecule has 0 amide bonds. The van der Waals surface area contributed by atoms with E-state index in [1.165, 1.54) is 18.2 Å². The van der Waals surface area contributed by atoms with E-state index in [1.54, 1.807) is 0 Å². The van der Waals surface area contributed by atoms with Gasteiger partial charge in [0.25, 0.3) is 0 Å². The second-order valence-electron chi connectivity index (χ2n) is 6.87. The molecule has 0 fully saturated rings. The Hall–Kier alpha value is -2.38. The van der Waals surface area contributed by atoms with Crippen molar-refractivity contribution < 1.29 is 18.3 Å². The first-order chi connectivity index (χ1) is 12.7. The smallest absolute Gasteiger partial charge is 0.335 e. The van der Waals surface area contributed by atoms with E-state index >= 15 is 0 Å². The fourth-order valence-electron chi connectivity index (χ4n) is 2.61. The minimum atomic E-state index is -3.85. The van der Waals surface area contributed by atoms with Crippen LogP contribution in [0.1, 0.15) is 49.2 Å². The lowest BCUT2D eigenvalue weighted by molar-refractivity contribution is 0.0696. The molecular weight excluding hydrogens is 364 g/mol. The van der Waals surface area contributed by atoms with Gasteiger partial charge in [0.15, 0.2) is 0 Å². The van der Waals surface area contributed by atoms with Crippen LogP contribution in [0, 0.1) is 5.92 Å². The average Bonchev–Trinajstić information content (AvgIpc) is 2.62. The number of sulfonamides is 1. The molecule has 0 aliphatic rings. The van der Waals surface area contributed by atoms with Crippen LogP contribution in [0.2, 0.25) is 0 Å². The maximum absolute atomic E-state index is 12.8. The van der Waals surface area contributed by atoms with Gasteiger partial charge in [0, 0.05) is 12.6 Å². The number of rotatable bonds is 9. The van der Waals surface area contributed by atoms with Crippen molar-refractivity contribution in [1.29, 1.82) is 0 Å². The second kappa shape index (κ2) is 9.01. The Bertz CT molecular complexity index is 880. The Balaban J connectivity index is 2.35. The lowest BCUT2D eigenvalue weighted by atomic mass is 10.1. The van der Waals surface area contributed by atoms with E-state index in [-0.39, 0.29) is 16.5 Å². The molecule has 1 atom stereocenters. The van der Waals surface area contributed by atoms with E-state index in [0.29, 0.717) is 24.6 Å². The molecule has 0 unspecified atom stereocenters. The fraction of sp³-hybridized carbons (Fsp3) is 0.350. The number of aromatic carboxylic acids is 1. The van der Waals surface area contributed by atoms with E-state index in [2.05, 4.69) is 10.0 Å². The summed E-state index contributed by atoms with van der Waals surface area (Å²) in [6.07, 6.45) is 0.695. The van der Waals surface area contributed by atoms with Gasteiger partial charge in [0.1, 0.15) is 4.90 Å². The molecule has 0 bridgehead atoms.